The highest BCUT2D eigenvalue weighted by Gasteiger charge is 2.53. The molecule has 2 aliphatic carbocycles. The van der Waals surface area contributed by atoms with Crippen LogP contribution in [0.2, 0.25) is 0 Å². The van der Waals surface area contributed by atoms with Crippen molar-refractivity contribution in [2.24, 2.45) is 29.1 Å². The summed E-state index contributed by atoms with van der Waals surface area (Å²) in [7, 11) is 0. The van der Waals surface area contributed by atoms with Gasteiger partial charge in [0.25, 0.3) is 5.91 Å². The molecule has 0 heterocycles. The molecule has 0 saturated heterocycles. The quantitative estimate of drug-likeness (QED) is 0.561. The molecule has 6 nitrogen and oxygen atoms in total. The van der Waals surface area contributed by atoms with Crippen LogP contribution in [0, 0.1) is 40.4 Å². The smallest absolute Gasteiger partial charge is 0.251 e. The van der Waals surface area contributed by atoms with Gasteiger partial charge in [-0.15, -0.1) is 0 Å². The third-order valence-corrected chi connectivity index (χ3v) is 8.85. The molecule has 190 valence electrons. The molecule has 0 bridgehead atoms. The lowest BCUT2D eigenvalue weighted by Crippen LogP contribution is -2.58. The number of nitrogens with one attached hydrogen (secondary N) is 2. The number of aliphatic hydroxyl groups excluding tert-OH is 1. The summed E-state index contributed by atoms with van der Waals surface area (Å²) < 4.78 is 0. The van der Waals surface area contributed by atoms with Gasteiger partial charge in [-0.2, -0.15) is 5.26 Å². The van der Waals surface area contributed by atoms with Gasteiger partial charge < -0.3 is 15.7 Å². The van der Waals surface area contributed by atoms with E-state index in [2.05, 4.69) is 30.6 Å². The van der Waals surface area contributed by atoms with Crippen molar-refractivity contribution in [2.45, 2.75) is 65.1 Å². The standard InChI is InChI=1S/C30H37N3O3/c1-19(28(35)32-18-22-7-5-4-6-8-22)24-13-15-30(3)16-14-25(20(2)26(30)27(24)34)33-29(36)23-11-9-21(17-31)10-12-23/h4-12,19-20,24-27,34H,13-16,18H2,1-3H3,(H,32,35)(H,33,36)/t19-,20+,24+,25-,26+,27-,30-/m0/s1. The molecule has 6 heteroatoms. The van der Waals surface area contributed by atoms with E-state index >= 15 is 0 Å². The highest BCUT2D eigenvalue weighted by molar-refractivity contribution is 5.94. The van der Waals surface area contributed by atoms with Gasteiger partial charge in [-0.25, -0.2) is 0 Å². The van der Waals surface area contributed by atoms with Gasteiger partial charge in [-0.1, -0.05) is 51.1 Å². The van der Waals surface area contributed by atoms with E-state index in [1.54, 1.807) is 24.3 Å². The Bertz CT molecular complexity index is 1110. The Hall–Kier alpha value is -3.17. The first-order valence-corrected chi connectivity index (χ1v) is 13.0. The maximum atomic E-state index is 13.0. The van der Waals surface area contributed by atoms with Crippen LogP contribution in [0.3, 0.4) is 0 Å². The van der Waals surface area contributed by atoms with E-state index in [0.717, 1.165) is 31.2 Å². The Morgan fingerprint density at radius 1 is 1.11 bits per heavy atom. The van der Waals surface area contributed by atoms with Crippen LogP contribution < -0.4 is 10.6 Å². The number of rotatable bonds is 6. The predicted octanol–water partition coefficient (Wildman–Crippen LogP) is 4.43. The summed E-state index contributed by atoms with van der Waals surface area (Å²) in [5.74, 6) is -0.524. The molecule has 2 aromatic carbocycles. The van der Waals surface area contributed by atoms with Gasteiger partial charge in [0.15, 0.2) is 0 Å². The summed E-state index contributed by atoms with van der Waals surface area (Å²) in [5, 5.41) is 26.8. The monoisotopic (exact) mass is 487 g/mol. The molecule has 0 aliphatic heterocycles. The molecule has 36 heavy (non-hydrogen) atoms. The summed E-state index contributed by atoms with van der Waals surface area (Å²) in [6.45, 7) is 6.78. The van der Waals surface area contributed by atoms with Crippen LogP contribution in [0.25, 0.3) is 0 Å². The number of aliphatic hydroxyl groups is 1. The molecule has 2 aliphatic rings. The Morgan fingerprint density at radius 3 is 2.44 bits per heavy atom. The van der Waals surface area contributed by atoms with Crippen LogP contribution in [0.5, 0.6) is 0 Å². The Balaban J connectivity index is 1.42. The van der Waals surface area contributed by atoms with Crippen molar-refractivity contribution in [3.05, 3.63) is 71.3 Å². The van der Waals surface area contributed by atoms with E-state index in [4.69, 9.17) is 5.26 Å². The number of carbonyl (C=O) groups excluding carboxylic acids is 2. The fraction of sp³-hybridized carbons (Fsp3) is 0.500. The molecule has 2 fully saturated rings. The van der Waals surface area contributed by atoms with Crippen molar-refractivity contribution in [3.8, 4) is 6.07 Å². The van der Waals surface area contributed by atoms with Crippen molar-refractivity contribution in [1.29, 1.82) is 5.26 Å². The maximum Gasteiger partial charge on any atom is 0.251 e. The fourth-order valence-electron chi connectivity index (χ4n) is 6.59. The lowest BCUT2D eigenvalue weighted by atomic mass is 9.51. The van der Waals surface area contributed by atoms with E-state index in [-0.39, 0.29) is 46.9 Å². The summed E-state index contributed by atoms with van der Waals surface area (Å²) in [6.07, 6.45) is 2.98. The Labute approximate surface area is 214 Å². The summed E-state index contributed by atoms with van der Waals surface area (Å²) in [6, 6.07) is 18.5. The minimum atomic E-state index is -0.606. The molecule has 2 aromatic rings. The second-order valence-electron chi connectivity index (χ2n) is 11.0. The van der Waals surface area contributed by atoms with Gasteiger partial charge in [-0.05, 0) is 78.7 Å². The largest absolute Gasteiger partial charge is 0.392 e. The second kappa shape index (κ2) is 10.8. The molecule has 0 radical (unpaired) electrons. The highest BCUT2D eigenvalue weighted by atomic mass is 16.3. The van der Waals surface area contributed by atoms with Gasteiger partial charge >= 0.3 is 0 Å². The van der Waals surface area contributed by atoms with Gasteiger partial charge in [-0.3, -0.25) is 9.59 Å². The van der Waals surface area contributed by atoms with Gasteiger partial charge in [0, 0.05) is 24.1 Å². The minimum Gasteiger partial charge on any atom is -0.392 e. The van der Waals surface area contributed by atoms with E-state index in [9.17, 15) is 14.7 Å². The molecule has 0 spiro atoms. The molecule has 3 N–H and O–H groups in total. The number of benzene rings is 2. The molecule has 2 amide bonds. The zero-order valence-corrected chi connectivity index (χ0v) is 21.4. The average Bonchev–Trinajstić information content (AvgIpc) is 2.89. The van der Waals surface area contributed by atoms with Gasteiger partial charge in [0.05, 0.1) is 17.7 Å². The fourth-order valence-corrected chi connectivity index (χ4v) is 6.59. The normalized spacial score (nSPS) is 30.4. The Kier molecular flexibility index (Phi) is 7.80. The van der Waals surface area contributed by atoms with E-state index in [1.807, 2.05) is 37.3 Å². The molecule has 7 atom stereocenters. The first-order chi connectivity index (χ1) is 17.2. The summed E-state index contributed by atoms with van der Waals surface area (Å²) in [5.41, 5.74) is 2.09. The van der Waals surface area contributed by atoms with Gasteiger partial charge in [0.2, 0.25) is 5.91 Å². The zero-order chi connectivity index (χ0) is 25.9. The number of hydrogen-bond acceptors (Lipinski definition) is 4. The number of fused-ring (bicyclic) bond motifs is 1. The van der Waals surface area contributed by atoms with E-state index in [0.29, 0.717) is 17.7 Å². The van der Waals surface area contributed by atoms with Crippen LogP contribution >= 0.6 is 0 Å². The lowest BCUT2D eigenvalue weighted by molar-refractivity contribution is -0.142. The SMILES string of the molecule is C[C@H]1[C@@H]2[C@@H](O)[C@@H]([C@H](C)C(=O)NCc3ccccc3)CC[C@@]2(C)CC[C@@H]1NC(=O)c1ccc(C#N)cc1. The van der Waals surface area contributed by atoms with Crippen LogP contribution in [-0.4, -0.2) is 29.1 Å². The first-order valence-electron chi connectivity index (χ1n) is 13.0. The highest BCUT2D eigenvalue weighted by Crippen LogP contribution is 2.55. The predicted molar refractivity (Wildman–Crippen MR) is 139 cm³/mol. The number of amides is 2. The van der Waals surface area contributed by atoms with Crippen LogP contribution in [0.4, 0.5) is 0 Å². The average molecular weight is 488 g/mol. The van der Waals surface area contributed by atoms with Crippen LogP contribution in [-0.2, 0) is 11.3 Å². The molecular formula is C30H37N3O3. The number of carbonyl (C=O) groups is 2. The maximum absolute atomic E-state index is 13.0. The third-order valence-electron chi connectivity index (χ3n) is 8.85. The van der Waals surface area contributed by atoms with Crippen LogP contribution in [0.1, 0.15) is 67.9 Å². The number of nitriles is 1. The second-order valence-corrected chi connectivity index (χ2v) is 11.0. The minimum absolute atomic E-state index is 0.000591. The van der Waals surface area contributed by atoms with Crippen molar-refractivity contribution in [1.82, 2.24) is 10.6 Å². The zero-order valence-electron chi connectivity index (χ0n) is 21.4. The van der Waals surface area contributed by atoms with Gasteiger partial charge in [0.1, 0.15) is 0 Å². The van der Waals surface area contributed by atoms with Crippen LogP contribution in [0.15, 0.2) is 54.6 Å². The third kappa shape index (κ3) is 5.32. The number of nitrogens with zero attached hydrogens (tertiary/aromatic N) is 1. The summed E-state index contributed by atoms with van der Waals surface area (Å²) >= 11 is 0. The summed E-state index contributed by atoms with van der Waals surface area (Å²) in [4.78, 5) is 25.9. The number of hydrogen-bond donors (Lipinski definition) is 3. The molecule has 0 unspecified atom stereocenters. The topological polar surface area (TPSA) is 102 Å². The molecule has 2 saturated carbocycles. The molecular weight excluding hydrogens is 450 g/mol. The Morgan fingerprint density at radius 2 is 1.78 bits per heavy atom. The van der Waals surface area contributed by atoms with E-state index in [1.165, 1.54) is 0 Å². The first kappa shape index (κ1) is 25.9. The van der Waals surface area contributed by atoms with Crippen molar-refractivity contribution >= 4 is 11.8 Å². The lowest BCUT2D eigenvalue weighted by Gasteiger charge is -2.56. The van der Waals surface area contributed by atoms with Crippen molar-refractivity contribution in [2.75, 3.05) is 0 Å². The van der Waals surface area contributed by atoms with E-state index < -0.39 is 6.10 Å². The molecule has 4 rings (SSSR count). The van der Waals surface area contributed by atoms with Crippen molar-refractivity contribution < 1.29 is 14.7 Å². The van der Waals surface area contributed by atoms with Crippen molar-refractivity contribution in [3.63, 3.8) is 0 Å². The molecule has 0 aromatic heterocycles.